The Labute approximate surface area is 117 Å². The van der Waals surface area contributed by atoms with Crippen LogP contribution in [-0.2, 0) is 19.1 Å². The number of aromatic amines is 1. The number of alkyl halides is 3. The summed E-state index contributed by atoms with van der Waals surface area (Å²) in [4.78, 5) is 17.1. The van der Waals surface area contributed by atoms with Crippen LogP contribution in [0, 0.1) is 0 Å². The molecular weight excluding hydrogens is 287 g/mol. The highest BCUT2D eigenvalue weighted by Gasteiger charge is 2.33. The van der Waals surface area contributed by atoms with E-state index in [2.05, 4.69) is 20.4 Å². The van der Waals surface area contributed by atoms with E-state index in [-0.39, 0.29) is 12.2 Å². The van der Waals surface area contributed by atoms with E-state index in [4.69, 9.17) is 0 Å². The van der Waals surface area contributed by atoms with Gasteiger partial charge in [-0.2, -0.15) is 28.6 Å². The summed E-state index contributed by atoms with van der Waals surface area (Å²) in [5, 5.41) is 10.3. The molecule has 1 amide bonds. The Balaban J connectivity index is 1.83. The summed E-state index contributed by atoms with van der Waals surface area (Å²) >= 11 is 0. The van der Waals surface area contributed by atoms with E-state index in [1.54, 1.807) is 0 Å². The predicted octanol–water partition coefficient (Wildman–Crippen LogP) is 1.42. The van der Waals surface area contributed by atoms with Crippen LogP contribution in [0.25, 0.3) is 0 Å². The second-order valence-corrected chi connectivity index (χ2v) is 4.60. The molecule has 3 rings (SSSR count). The molecule has 0 atom stereocenters. The number of carbonyl (C=O) groups excluding carboxylic acids is 1. The van der Waals surface area contributed by atoms with Crippen molar-refractivity contribution < 1.29 is 18.0 Å². The van der Waals surface area contributed by atoms with Gasteiger partial charge in [-0.3, -0.25) is 4.79 Å². The first-order chi connectivity index (χ1) is 9.95. The Morgan fingerprint density at radius 2 is 2.00 bits per heavy atom. The Kier molecular flexibility index (Phi) is 3.11. The summed E-state index contributed by atoms with van der Waals surface area (Å²) in [6, 6.07) is 3.28. The second kappa shape index (κ2) is 4.83. The Bertz CT molecular complexity index is 682. The molecule has 0 radical (unpaired) electrons. The molecular formula is C12H10F3N5O. The zero-order valence-electron chi connectivity index (χ0n) is 10.7. The molecule has 1 aliphatic rings. The van der Waals surface area contributed by atoms with Crippen molar-refractivity contribution in [2.45, 2.75) is 19.1 Å². The van der Waals surface area contributed by atoms with Crippen molar-refractivity contribution >= 4 is 5.91 Å². The van der Waals surface area contributed by atoms with Gasteiger partial charge in [0.05, 0.1) is 12.2 Å². The summed E-state index contributed by atoms with van der Waals surface area (Å²) in [5.41, 5.74) is 0.0990. The Morgan fingerprint density at radius 3 is 2.76 bits per heavy atom. The zero-order valence-corrected chi connectivity index (χ0v) is 10.7. The minimum atomic E-state index is -4.57. The third-order valence-corrected chi connectivity index (χ3v) is 3.21. The molecule has 2 aromatic rings. The number of rotatable bonds is 1. The van der Waals surface area contributed by atoms with Crippen LogP contribution in [0.15, 0.2) is 18.2 Å². The van der Waals surface area contributed by atoms with Crippen molar-refractivity contribution in [3.63, 3.8) is 0 Å². The smallest absolute Gasteiger partial charge is 0.331 e. The summed E-state index contributed by atoms with van der Waals surface area (Å²) in [6.07, 6.45) is -4.06. The number of fused-ring (bicyclic) bond motifs is 1. The van der Waals surface area contributed by atoms with E-state index in [1.807, 2.05) is 0 Å². The lowest BCUT2D eigenvalue weighted by Gasteiger charge is -2.25. The number of H-pyrrole nitrogens is 1. The van der Waals surface area contributed by atoms with Gasteiger partial charge in [0.1, 0.15) is 17.1 Å². The molecule has 3 heterocycles. The minimum absolute atomic E-state index is 0.211. The van der Waals surface area contributed by atoms with Gasteiger partial charge in [-0.05, 0) is 12.1 Å². The number of hydrogen-bond acceptors (Lipinski definition) is 4. The number of aromatic nitrogens is 4. The zero-order chi connectivity index (χ0) is 15.0. The highest BCUT2D eigenvalue weighted by molar-refractivity contribution is 5.92. The molecule has 0 bridgehead atoms. The van der Waals surface area contributed by atoms with Crippen LogP contribution in [0.1, 0.15) is 27.6 Å². The predicted molar refractivity (Wildman–Crippen MR) is 64.1 cm³/mol. The van der Waals surface area contributed by atoms with E-state index >= 15 is 0 Å². The van der Waals surface area contributed by atoms with E-state index in [0.29, 0.717) is 18.7 Å². The average molecular weight is 297 g/mol. The lowest BCUT2D eigenvalue weighted by atomic mass is 10.1. The van der Waals surface area contributed by atoms with Gasteiger partial charge >= 0.3 is 6.18 Å². The number of halogens is 3. The maximum absolute atomic E-state index is 12.6. The number of hydrogen-bond donors (Lipinski definition) is 1. The SMILES string of the molecule is O=C(c1cccc(C(F)(F)F)n1)N1CCc2n[nH]nc2C1. The van der Waals surface area contributed by atoms with Crippen molar-refractivity contribution in [2.24, 2.45) is 0 Å². The molecule has 0 aliphatic carbocycles. The van der Waals surface area contributed by atoms with Crippen molar-refractivity contribution in [2.75, 3.05) is 6.54 Å². The molecule has 0 unspecified atom stereocenters. The van der Waals surface area contributed by atoms with Gasteiger partial charge in [0.2, 0.25) is 0 Å². The number of nitrogens with zero attached hydrogens (tertiary/aromatic N) is 4. The molecule has 9 heteroatoms. The van der Waals surface area contributed by atoms with Crippen molar-refractivity contribution in [3.05, 3.63) is 41.0 Å². The van der Waals surface area contributed by atoms with Gasteiger partial charge in [0, 0.05) is 13.0 Å². The first-order valence-electron chi connectivity index (χ1n) is 6.17. The van der Waals surface area contributed by atoms with Crippen LogP contribution in [0.2, 0.25) is 0 Å². The summed E-state index contributed by atoms with van der Waals surface area (Å²) in [6.45, 7) is 0.582. The summed E-state index contributed by atoms with van der Waals surface area (Å²) in [5.74, 6) is -0.547. The van der Waals surface area contributed by atoms with Crippen molar-refractivity contribution in [1.29, 1.82) is 0 Å². The van der Waals surface area contributed by atoms with E-state index in [0.717, 1.165) is 11.8 Å². The van der Waals surface area contributed by atoms with Crippen LogP contribution in [-0.4, -0.2) is 37.7 Å². The largest absolute Gasteiger partial charge is 0.433 e. The number of nitrogens with one attached hydrogen (secondary N) is 1. The number of pyridine rings is 1. The van der Waals surface area contributed by atoms with E-state index in [1.165, 1.54) is 17.0 Å². The van der Waals surface area contributed by atoms with Gasteiger partial charge in [0.15, 0.2) is 0 Å². The number of amides is 1. The maximum Gasteiger partial charge on any atom is 0.433 e. The topological polar surface area (TPSA) is 74.8 Å². The molecule has 6 nitrogen and oxygen atoms in total. The maximum atomic E-state index is 12.6. The van der Waals surface area contributed by atoms with Crippen molar-refractivity contribution in [1.82, 2.24) is 25.3 Å². The second-order valence-electron chi connectivity index (χ2n) is 4.60. The van der Waals surface area contributed by atoms with Gasteiger partial charge in [0.25, 0.3) is 5.91 Å². The molecule has 0 fully saturated rings. The van der Waals surface area contributed by atoms with Crippen molar-refractivity contribution in [3.8, 4) is 0 Å². The first-order valence-corrected chi connectivity index (χ1v) is 6.17. The fraction of sp³-hybridized carbons (Fsp3) is 0.333. The highest BCUT2D eigenvalue weighted by Crippen LogP contribution is 2.27. The normalized spacial score (nSPS) is 14.9. The monoisotopic (exact) mass is 297 g/mol. The molecule has 0 spiro atoms. The van der Waals surface area contributed by atoms with Crippen LogP contribution >= 0.6 is 0 Å². The lowest BCUT2D eigenvalue weighted by Crippen LogP contribution is -2.36. The molecule has 21 heavy (non-hydrogen) atoms. The van der Waals surface area contributed by atoms with Crippen LogP contribution in [0.5, 0.6) is 0 Å². The van der Waals surface area contributed by atoms with Gasteiger partial charge in [-0.25, -0.2) is 4.98 Å². The number of carbonyl (C=O) groups is 1. The Morgan fingerprint density at radius 1 is 1.24 bits per heavy atom. The quantitative estimate of drug-likeness (QED) is 0.863. The molecule has 0 saturated carbocycles. The fourth-order valence-electron chi connectivity index (χ4n) is 2.15. The van der Waals surface area contributed by atoms with Gasteiger partial charge in [-0.1, -0.05) is 6.07 Å². The lowest BCUT2D eigenvalue weighted by molar-refractivity contribution is -0.141. The molecule has 0 saturated heterocycles. The summed E-state index contributed by atoms with van der Waals surface area (Å²) in [7, 11) is 0. The first kappa shape index (κ1) is 13.5. The fourth-order valence-corrected chi connectivity index (χ4v) is 2.15. The average Bonchev–Trinajstić information content (AvgIpc) is 2.93. The molecule has 110 valence electrons. The highest BCUT2D eigenvalue weighted by atomic mass is 19.4. The van der Waals surface area contributed by atoms with Crippen LogP contribution in [0.3, 0.4) is 0 Å². The van der Waals surface area contributed by atoms with E-state index < -0.39 is 17.8 Å². The Hall–Kier alpha value is -2.45. The minimum Gasteiger partial charge on any atom is -0.331 e. The molecule has 2 aromatic heterocycles. The van der Waals surface area contributed by atoms with Crippen LogP contribution < -0.4 is 0 Å². The molecule has 0 aromatic carbocycles. The van der Waals surface area contributed by atoms with E-state index in [9.17, 15) is 18.0 Å². The third kappa shape index (κ3) is 2.58. The standard InChI is InChI=1S/C12H10F3N5O/c13-12(14,15)10-3-1-2-8(16-10)11(21)20-5-4-7-9(6-20)18-19-17-7/h1-3H,4-6H2,(H,17,18,19). The molecule has 1 N–H and O–H groups in total. The van der Waals surface area contributed by atoms with Gasteiger partial charge < -0.3 is 4.90 Å². The summed E-state index contributed by atoms with van der Waals surface area (Å²) < 4.78 is 37.9. The van der Waals surface area contributed by atoms with Gasteiger partial charge in [-0.15, -0.1) is 0 Å². The molecule has 1 aliphatic heterocycles. The van der Waals surface area contributed by atoms with Crippen LogP contribution in [0.4, 0.5) is 13.2 Å². The third-order valence-electron chi connectivity index (χ3n) is 3.21.